The number of alkyl halides is 1. The monoisotopic (exact) mass is 237 g/mol. The minimum absolute atomic E-state index is 0.185. The molecule has 0 bridgehead atoms. The van der Waals surface area contributed by atoms with Crippen LogP contribution < -0.4 is 0 Å². The number of halogens is 1. The van der Waals surface area contributed by atoms with Crippen molar-refractivity contribution in [1.82, 2.24) is 4.90 Å². The van der Waals surface area contributed by atoms with Crippen LogP contribution in [0.15, 0.2) is 24.3 Å². The molecule has 0 fully saturated rings. The molecule has 3 nitrogen and oxygen atoms in total. The van der Waals surface area contributed by atoms with Gasteiger partial charge in [-0.3, -0.25) is 14.5 Å². The van der Waals surface area contributed by atoms with Gasteiger partial charge >= 0.3 is 0 Å². The molecule has 2 rings (SSSR count). The lowest BCUT2D eigenvalue weighted by Crippen LogP contribution is -2.30. The van der Waals surface area contributed by atoms with Crippen LogP contribution in [0.25, 0.3) is 0 Å². The first-order valence-corrected chi connectivity index (χ1v) is 5.80. The predicted octanol–water partition coefficient (Wildman–Crippen LogP) is 2.30. The van der Waals surface area contributed by atoms with E-state index in [9.17, 15) is 9.59 Å². The molecule has 0 saturated heterocycles. The maximum absolute atomic E-state index is 11.9. The Morgan fingerprint density at radius 2 is 1.56 bits per heavy atom. The van der Waals surface area contributed by atoms with Crippen LogP contribution in [-0.4, -0.2) is 29.1 Å². The zero-order valence-corrected chi connectivity index (χ0v) is 9.54. The van der Waals surface area contributed by atoms with Gasteiger partial charge in [0, 0.05) is 12.4 Å². The van der Waals surface area contributed by atoms with Gasteiger partial charge in [-0.15, -0.1) is 11.6 Å². The van der Waals surface area contributed by atoms with Crippen LogP contribution in [-0.2, 0) is 0 Å². The van der Waals surface area contributed by atoms with Gasteiger partial charge in [0.25, 0.3) is 11.8 Å². The Morgan fingerprint density at radius 3 is 2.06 bits per heavy atom. The highest BCUT2D eigenvalue weighted by Crippen LogP contribution is 2.22. The Morgan fingerprint density at radius 1 is 1.00 bits per heavy atom. The van der Waals surface area contributed by atoms with Gasteiger partial charge in [-0.25, -0.2) is 0 Å². The Hall–Kier alpha value is -1.35. The first kappa shape index (κ1) is 11.1. The highest BCUT2D eigenvalue weighted by molar-refractivity contribution is 6.21. The molecule has 0 spiro atoms. The van der Waals surface area contributed by atoms with Crippen molar-refractivity contribution >= 4 is 23.4 Å². The van der Waals surface area contributed by atoms with Crippen molar-refractivity contribution in [3.05, 3.63) is 35.4 Å². The summed E-state index contributed by atoms with van der Waals surface area (Å²) in [5, 5.41) is 0. The Labute approximate surface area is 99.0 Å². The quantitative estimate of drug-likeness (QED) is 0.458. The van der Waals surface area contributed by atoms with Crippen molar-refractivity contribution in [2.45, 2.75) is 12.8 Å². The van der Waals surface area contributed by atoms with E-state index in [0.717, 1.165) is 12.8 Å². The molecule has 0 unspecified atom stereocenters. The van der Waals surface area contributed by atoms with Gasteiger partial charge in [-0.05, 0) is 25.0 Å². The van der Waals surface area contributed by atoms with Gasteiger partial charge in [-0.2, -0.15) is 0 Å². The fourth-order valence-corrected chi connectivity index (χ4v) is 2.00. The number of hydrogen-bond acceptors (Lipinski definition) is 2. The van der Waals surface area contributed by atoms with E-state index in [-0.39, 0.29) is 11.8 Å². The summed E-state index contributed by atoms with van der Waals surface area (Å²) in [5.41, 5.74) is 1.02. The average molecular weight is 238 g/mol. The predicted molar refractivity (Wildman–Crippen MR) is 61.8 cm³/mol. The molecular formula is C12H12ClNO2. The van der Waals surface area contributed by atoms with Crippen LogP contribution >= 0.6 is 11.6 Å². The van der Waals surface area contributed by atoms with Crippen molar-refractivity contribution in [2.24, 2.45) is 0 Å². The Kier molecular flexibility index (Phi) is 3.25. The third kappa shape index (κ3) is 1.83. The van der Waals surface area contributed by atoms with E-state index in [1.165, 1.54) is 4.90 Å². The van der Waals surface area contributed by atoms with Crippen LogP contribution in [0, 0.1) is 0 Å². The lowest BCUT2D eigenvalue weighted by Gasteiger charge is -2.12. The summed E-state index contributed by atoms with van der Waals surface area (Å²) in [6.45, 7) is 0.457. The van der Waals surface area contributed by atoms with Gasteiger partial charge in [-0.1, -0.05) is 12.1 Å². The highest BCUT2D eigenvalue weighted by atomic mass is 35.5. The zero-order chi connectivity index (χ0) is 11.5. The van der Waals surface area contributed by atoms with E-state index < -0.39 is 0 Å². The standard InChI is InChI=1S/C12H12ClNO2/c13-7-3-4-8-14-11(15)9-5-1-2-6-10(9)12(14)16/h1-2,5-6H,3-4,7-8H2. The van der Waals surface area contributed by atoms with Crippen molar-refractivity contribution < 1.29 is 9.59 Å². The number of fused-ring (bicyclic) bond motifs is 1. The maximum atomic E-state index is 11.9. The Balaban J connectivity index is 2.15. The molecule has 16 heavy (non-hydrogen) atoms. The van der Waals surface area contributed by atoms with Crippen molar-refractivity contribution in [2.75, 3.05) is 12.4 Å². The first-order chi connectivity index (χ1) is 7.75. The molecule has 4 heteroatoms. The van der Waals surface area contributed by atoms with Crippen LogP contribution in [0.3, 0.4) is 0 Å². The summed E-state index contributed by atoms with van der Waals surface area (Å²) in [6, 6.07) is 6.92. The molecule has 1 aromatic carbocycles. The zero-order valence-electron chi connectivity index (χ0n) is 8.78. The summed E-state index contributed by atoms with van der Waals surface area (Å²) in [5.74, 6) is 0.189. The molecule has 0 aliphatic carbocycles. The van der Waals surface area contributed by atoms with Gasteiger partial charge in [0.1, 0.15) is 0 Å². The summed E-state index contributed by atoms with van der Waals surface area (Å²) < 4.78 is 0. The molecular weight excluding hydrogens is 226 g/mol. The van der Waals surface area contributed by atoms with Crippen LogP contribution in [0.4, 0.5) is 0 Å². The molecule has 0 N–H and O–H groups in total. The molecule has 0 saturated carbocycles. The lowest BCUT2D eigenvalue weighted by atomic mass is 10.1. The summed E-state index contributed by atoms with van der Waals surface area (Å²) >= 11 is 5.56. The van der Waals surface area contributed by atoms with E-state index in [0.29, 0.717) is 23.6 Å². The molecule has 1 heterocycles. The normalized spacial score (nSPS) is 14.4. The summed E-state index contributed by atoms with van der Waals surface area (Å²) in [7, 11) is 0. The number of hydrogen-bond donors (Lipinski definition) is 0. The van der Waals surface area contributed by atoms with Gasteiger partial charge in [0.15, 0.2) is 0 Å². The first-order valence-electron chi connectivity index (χ1n) is 5.27. The SMILES string of the molecule is O=C1c2ccccc2C(=O)N1CCCCCl. The highest BCUT2D eigenvalue weighted by Gasteiger charge is 2.34. The third-order valence-electron chi connectivity index (χ3n) is 2.64. The van der Waals surface area contributed by atoms with E-state index in [2.05, 4.69) is 0 Å². The molecule has 1 aliphatic heterocycles. The number of rotatable bonds is 4. The van der Waals surface area contributed by atoms with Crippen LogP contribution in [0.5, 0.6) is 0 Å². The largest absolute Gasteiger partial charge is 0.274 e. The van der Waals surface area contributed by atoms with Crippen molar-refractivity contribution in [1.29, 1.82) is 0 Å². The number of amides is 2. The second-order valence-corrected chi connectivity index (χ2v) is 4.08. The van der Waals surface area contributed by atoms with E-state index in [1.54, 1.807) is 24.3 Å². The fourth-order valence-electron chi connectivity index (χ4n) is 1.81. The molecule has 2 amide bonds. The number of benzene rings is 1. The number of nitrogens with zero attached hydrogens (tertiary/aromatic N) is 1. The van der Waals surface area contributed by atoms with Crippen molar-refractivity contribution in [3.8, 4) is 0 Å². The van der Waals surface area contributed by atoms with E-state index in [4.69, 9.17) is 11.6 Å². The summed E-state index contributed by atoms with van der Waals surface area (Å²) in [4.78, 5) is 25.0. The minimum Gasteiger partial charge on any atom is -0.274 e. The van der Waals surface area contributed by atoms with Crippen LogP contribution in [0.2, 0.25) is 0 Å². The second-order valence-electron chi connectivity index (χ2n) is 3.70. The van der Waals surface area contributed by atoms with E-state index in [1.807, 2.05) is 0 Å². The topological polar surface area (TPSA) is 37.4 Å². The molecule has 1 aromatic rings. The minimum atomic E-state index is -0.185. The smallest absolute Gasteiger partial charge is 0.261 e. The maximum Gasteiger partial charge on any atom is 0.261 e. The molecule has 0 atom stereocenters. The number of unbranched alkanes of at least 4 members (excludes halogenated alkanes) is 1. The third-order valence-corrected chi connectivity index (χ3v) is 2.91. The Bertz CT molecular complexity index is 396. The van der Waals surface area contributed by atoms with Gasteiger partial charge < -0.3 is 0 Å². The molecule has 0 radical (unpaired) electrons. The second kappa shape index (κ2) is 4.66. The molecule has 84 valence electrons. The van der Waals surface area contributed by atoms with E-state index >= 15 is 0 Å². The van der Waals surface area contributed by atoms with Crippen LogP contribution in [0.1, 0.15) is 33.6 Å². The molecule has 0 aromatic heterocycles. The number of imide groups is 1. The number of carbonyl (C=O) groups excluding carboxylic acids is 2. The summed E-state index contributed by atoms with van der Waals surface area (Å²) in [6.07, 6.45) is 1.57. The molecule has 1 aliphatic rings. The number of carbonyl (C=O) groups is 2. The van der Waals surface area contributed by atoms with Gasteiger partial charge in [0.05, 0.1) is 11.1 Å². The van der Waals surface area contributed by atoms with Gasteiger partial charge in [0.2, 0.25) is 0 Å². The lowest BCUT2D eigenvalue weighted by molar-refractivity contribution is 0.0652. The average Bonchev–Trinajstić information content (AvgIpc) is 2.55. The van der Waals surface area contributed by atoms with Crippen molar-refractivity contribution in [3.63, 3.8) is 0 Å². The fraction of sp³-hybridized carbons (Fsp3) is 0.333.